The second-order valence-corrected chi connectivity index (χ2v) is 7.38. The van der Waals surface area contributed by atoms with Crippen LogP contribution in [-0.2, 0) is 10.0 Å². The maximum absolute atomic E-state index is 12.8. The molecule has 8 heteroatoms. The zero-order valence-electron chi connectivity index (χ0n) is 11.0. The number of carboxylic acids is 1. The summed E-state index contributed by atoms with van der Waals surface area (Å²) in [5, 5.41) is 9.06. The van der Waals surface area contributed by atoms with E-state index in [9.17, 15) is 13.2 Å². The normalized spacial score (nSPS) is 11.7. The summed E-state index contributed by atoms with van der Waals surface area (Å²) in [6, 6.07) is 10.9. The Morgan fingerprint density at radius 3 is 2.50 bits per heavy atom. The Hall–Kier alpha value is -1.94. The highest BCUT2D eigenvalue weighted by atomic mass is 127. The molecule has 3 rings (SSSR count). The molecule has 2 heterocycles. The van der Waals surface area contributed by atoms with Crippen molar-refractivity contribution in [1.29, 1.82) is 0 Å². The summed E-state index contributed by atoms with van der Waals surface area (Å²) in [4.78, 5) is 15.2. The molecule has 0 spiro atoms. The van der Waals surface area contributed by atoms with E-state index >= 15 is 0 Å². The van der Waals surface area contributed by atoms with E-state index in [1.807, 2.05) is 22.6 Å². The van der Waals surface area contributed by atoms with Crippen LogP contribution in [0.3, 0.4) is 0 Å². The summed E-state index contributed by atoms with van der Waals surface area (Å²) in [6.45, 7) is 0. The number of hydrogen-bond donors (Lipinski definition) is 1. The summed E-state index contributed by atoms with van der Waals surface area (Å²) >= 11 is 1.89. The molecular weight excluding hydrogens is 419 g/mol. The van der Waals surface area contributed by atoms with Gasteiger partial charge in [-0.05, 0) is 46.9 Å². The molecule has 0 aliphatic carbocycles. The molecule has 0 aliphatic rings. The van der Waals surface area contributed by atoms with Crippen molar-refractivity contribution in [3.63, 3.8) is 0 Å². The standard InChI is InChI=1S/C14H9IN2O4S/c15-13-7-11-12(6-9(8-16-11)14(18)19)17(13)22(20,21)10-4-2-1-3-5-10/h1-8H,(H,18,19). The van der Waals surface area contributed by atoms with Gasteiger partial charge in [-0.1, -0.05) is 18.2 Å². The highest BCUT2D eigenvalue weighted by Crippen LogP contribution is 2.26. The zero-order chi connectivity index (χ0) is 15.9. The number of pyridine rings is 1. The molecule has 1 N–H and O–H groups in total. The number of nitrogens with zero attached hydrogens (tertiary/aromatic N) is 2. The average molecular weight is 428 g/mol. The van der Waals surface area contributed by atoms with Crippen molar-refractivity contribution in [2.45, 2.75) is 4.90 Å². The molecule has 0 atom stereocenters. The van der Waals surface area contributed by atoms with Crippen LogP contribution in [0.4, 0.5) is 0 Å². The van der Waals surface area contributed by atoms with Gasteiger partial charge in [0.05, 0.1) is 25.2 Å². The van der Waals surface area contributed by atoms with Gasteiger partial charge in [0.25, 0.3) is 10.0 Å². The van der Waals surface area contributed by atoms with Gasteiger partial charge in [0, 0.05) is 6.20 Å². The van der Waals surface area contributed by atoms with Crippen LogP contribution >= 0.6 is 22.6 Å². The first-order valence-corrected chi connectivity index (χ1v) is 8.64. The van der Waals surface area contributed by atoms with Crippen LogP contribution < -0.4 is 0 Å². The predicted octanol–water partition coefficient (Wildman–Crippen LogP) is 2.58. The monoisotopic (exact) mass is 428 g/mol. The fraction of sp³-hybridized carbons (Fsp3) is 0. The fourth-order valence-corrected chi connectivity index (χ4v) is 4.82. The first-order chi connectivity index (χ1) is 10.4. The highest BCUT2D eigenvalue weighted by molar-refractivity contribution is 14.1. The Balaban J connectivity index is 2.33. The molecule has 0 amide bonds. The molecule has 0 radical (unpaired) electrons. The van der Waals surface area contributed by atoms with Gasteiger partial charge in [0.2, 0.25) is 0 Å². The number of fused-ring (bicyclic) bond motifs is 1. The van der Waals surface area contributed by atoms with E-state index in [0.29, 0.717) is 9.22 Å². The van der Waals surface area contributed by atoms with Gasteiger partial charge in [-0.25, -0.2) is 17.2 Å². The molecule has 0 fully saturated rings. The molecule has 0 saturated carbocycles. The van der Waals surface area contributed by atoms with Gasteiger partial charge < -0.3 is 5.11 Å². The number of halogens is 1. The van der Waals surface area contributed by atoms with Crippen molar-refractivity contribution >= 4 is 49.6 Å². The Morgan fingerprint density at radius 2 is 1.86 bits per heavy atom. The lowest BCUT2D eigenvalue weighted by Crippen LogP contribution is -2.14. The summed E-state index contributed by atoms with van der Waals surface area (Å²) in [5.74, 6) is -1.16. The molecule has 1 aromatic carbocycles. The van der Waals surface area contributed by atoms with Crippen molar-refractivity contribution in [1.82, 2.24) is 8.96 Å². The molecule has 3 aromatic rings. The van der Waals surface area contributed by atoms with Crippen LogP contribution in [0.15, 0.2) is 53.6 Å². The summed E-state index contributed by atoms with van der Waals surface area (Å²) in [7, 11) is -3.82. The summed E-state index contributed by atoms with van der Waals surface area (Å²) in [6.07, 6.45) is 1.21. The quantitative estimate of drug-likeness (QED) is 0.648. The smallest absolute Gasteiger partial charge is 0.337 e. The number of aromatic nitrogens is 2. The van der Waals surface area contributed by atoms with Crippen molar-refractivity contribution in [3.05, 3.63) is 57.9 Å². The summed E-state index contributed by atoms with van der Waals surface area (Å²) in [5.41, 5.74) is 0.605. The molecule has 0 saturated heterocycles. The van der Waals surface area contributed by atoms with E-state index < -0.39 is 16.0 Å². The SMILES string of the molecule is O=C(O)c1cnc2cc(I)n(S(=O)(=O)c3ccccc3)c2c1. The third-order valence-corrected chi connectivity index (χ3v) is 5.96. The van der Waals surface area contributed by atoms with Crippen LogP contribution in [0, 0.1) is 3.70 Å². The van der Waals surface area contributed by atoms with Crippen LogP contribution in [0.25, 0.3) is 11.0 Å². The Bertz CT molecular complexity index is 981. The third-order valence-electron chi connectivity index (χ3n) is 3.09. The van der Waals surface area contributed by atoms with E-state index in [1.54, 1.807) is 24.3 Å². The molecule has 0 bridgehead atoms. The van der Waals surface area contributed by atoms with Gasteiger partial charge in [-0.2, -0.15) is 0 Å². The third kappa shape index (κ3) is 2.37. The van der Waals surface area contributed by atoms with Gasteiger partial charge in [0.1, 0.15) is 0 Å². The molecule has 0 unspecified atom stereocenters. The Kier molecular flexibility index (Phi) is 3.65. The minimum atomic E-state index is -3.82. The number of hydrogen-bond acceptors (Lipinski definition) is 4. The van der Waals surface area contributed by atoms with E-state index in [-0.39, 0.29) is 16.0 Å². The Labute approximate surface area is 139 Å². The number of rotatable bonds is 3. The molecular formula is C14H9IN2O4S. The van der Waals surface area contributed by atoms with Crippen molar-refractivity contribution in [2.75, 3.05) is 0 Å². The lowest BCUT2D eigenvalue weighted by molar-refractivity contribution is 0.0696. The topological polar surface area (TPSA) is 89.3 Å². The first kappa shape index (κ1) is 15.0. The van der Waals surface area contributed by atoms with Crippen LogP contribution in [0.2, 0.25) is 0 Å². The van der Waals surface area contributed by atoms with Gasteiger partial charge >= 0.3 is 5.97 Å². The maximum atomic E-state index is 12.8. The van der Waals surface area contributed by atoms with E-state index in [2.05, 4.69) is 4.98 Å². The maximum Gasteiger partial charge on any atom is 0.337 e. The minimum absolute atomic E-state index is 0.0634. The lowest BCUT2D eigenvalue weighted by Gasteiger charge is -2.09. The van der Waals surface area contributed by atoms with Crippen molar-refractivity contribution < 1.29 is 18.3 Å². The first-order valence-electron chi connectivity index (χ1n) is 6.12. The number of benzene rings is 1. The molecule has 22 heavy (non-hydrogen) atoms. The fourth-order valence-electron chi connectivity index (χ4n) is 2.08. The van der Waals surface area contributed by atoms with Gasteiger partial charge in [0.15, 0.2) is 0 Å². The highest BCUT2D eigenvalue weighted by Gasteiger charge is 2.23. The Morgan fingerprint density at radius 1 is 1.18 bits per heavy atom. The second-order valence-electron chi connectivity index (χ2n) is 4.48. The largest absolute Gasteiger partial charge is 0.478 e. The lowest BCUT2D eigenvalue weighted by atomic mass is 10.2. The van der Waals surface area contributed by atoms with Crippen molar-refractivity contribution in [3.8, 4) is 0 Å². The second kappa shape index (κ2) is 5.36. The zero-order valence-corrected chi connectivity index (χ0v) is 13.9. The molecule has 112 valence electrons. The number of aromatic carboxylic acids is 1. The van der Waals surface area contributed by atoms with Gasteiger partial charge in [-0.15, -0.1) is 0 Å². The van der Waals surface area contributed by atoms with Crippen LogP contribution in [-0.4, -0.2) is 28.5 Å². The van der Waals surface area contributed by atoms with Gasteiger partial charge in [-0.3, -0.25) is 4.98 Å². The average Bonchev–Trinajstić information content (AvgIpc) is 2.83. The van der Waals surface area contributed by atoms with Crippen LogP contribution in [0.5, 0.6) is 0 Å². The summed E-state index contributed by atoms with van der Waals surface area (Å²) < 4.78 is 27.1. The van der Waals surface area contributed by atoms with E-state index in [4.69, 9.17) is 5.11 Å². The number of carboxylic acid groups (broad SMARTS) is 1. The van der Waals surface area contributed by atoms with E-state index in [1.165, 1.54) is 24.4 Å². The molecule has 6 nitrogen and oxygen atoms in total. The minimum Gasteiger partial charge on any atom is -0.478 e. The molecule has 0 aliphatic heterocycles. The number of carbonyl (C=O) groups is 1. The molecule has 2 aromatic heterocycles. The van der Waals surface area contributed by atoms with Crippen LogP contribution in [0.1, 0.15) is 10.4 Å². The van der Waals surface area contributed by atoms with Crippen molar-refractivity contribution in [2.24, 2.45) is 0 Å². The predicted molar refractivity (Wildman–Crippen MR) is 88.4 cm³/mol. The van der Waals surface area contributed by atoms with E-state index in [0.717, 1.165) is 3.97 Å².